The zero-order chi connectivity index (χ0) is 25.0. The van der Waals surface area contributed by atoms with Crippen LogP contribution in [-0.4, -0.2) is 78.8 Å². The minimum Gasteiger partial charge on any atom is -0.475 e. The first-order valence-corrected chi connectivity index (χ1v) is 12.0. The quantitative estimate of drug-likeness (QED) is 0.466. The average molecular weight is 504 g/mol. The van der Waals surface area contributed by atoms with Crippen molar-refractivity contribution >= 4 is 28.1 Å². The van der Waals surface area contributed by atoms with Crippen LogP contribution in [0.15, 0.2) is 24.3 Å². The number of carbonyl (C=O) groups is 1. The molecule has 0 bridgehead atoms. The molecule has 0 spiro atoms. The third kappa shape index (κ3) is 9.82. The van der Waals surface area contributed by atoms with Gasteiger partial charge in [0.05, 0.1) is 0 Å². The van der Waals surface area contributed by atoms with E-state index in [9.17, 15) is 13.2 Å². The number of aliphatic carboxylic acids is 1. The molecule has 34 heavy (non-hydrogen) atoms. The summed E-state index contributed by atoms with van der Waals surface area (Å²) in [4.78, 5) is 14.0. The monoisotopic (exact) mass is 503 g/mol. The number of nitrogen functional groups attached to an aromatic ring is 1. The zero-order valence-corrected chi connectivity index (χ0v) is 20.1. The molecule has 0 atom stereocenters. The number of anilines is 2. The van der Waals surface area contributed by atoms with Crippen LogP contribution in [0.1, 0.15) is 32.1 Å². The Labute approximate surface area is 201 Å². The van der Waals surface area contributed by atoms with Crippen LogP contribution in [0.2, 0.25) is 0 Å². The summed E-state index contributed by atoms with van der Waals surface area (Å²) < 4.78 is 36.8. The van der Waals surface area contributed by atoms with E-state index in [0.717, 1.165) is 43.4 Å². The number of benzene rings is 1. The van der Waals surface area contributed by atoms with E-state index >= 15 is 0 Å². The lowest BCUT2D eigenvalue weighted by molar-refractivity contribution is -0.192. The first kappa shape index (κ1) is 27.8. The molecule has 12 heteroatoms. The summed E-state index contributed by atoms with van der Waals surface area (Å²) in [5.41, 5.74) is 8.04. The van der Waals surface area contributed by atoms with Gasteiger partial charge in [-0.1, -0.05) is 30.6 Å². The number of ether oxygens (including phenoxy) is 1. The number of rotatable bonds is 10. The number of hydrogen-bond acceptors (Lipinski definition) is 8. The number of unbranched alkanes of at least 4 members (excludes halogenated alkanes) is 4. The predicted octanol–water partition coefficient (Wildman–Crippen LogP) is 4.14. The summed E-state index contributed by atoms with van der Waals surface area (Å²) in [6.45, 7) is 6.63. The SMILES string of the molecule is COCCCCCCCN1CCN(c2ccc(-c3nnc(N)s3)cc2)CC1.O=C(O)C(F)(F)F. The highest BCUT2D eigenvalue weighted by Crippen LogP contribution is 2.27. The normalized spacial score (nSPS) is 14.5. The molecular weight excluding hydrogens is 471 g/mol. The van der Waals surface area contributed by atoms with E-state index < -0.39 is 12.1 Å². The van der Waals surface area contributed by atoms with Crippen LogP contribution in [0.25, 0.3) is 10.6 Å². The summed E-state index contributed by atoms with van der Waals surface area (Å²) >= 11 is 1.43. The van der Waals surface area contributed by atoms with E-state index in [1.165, 1.54) is 55.7 Å². The largest absolute Gasteiger partial charge is 0.490 e. The van der Waals surface area contributed by atoms with Crippen LogP contribution in [0.5, 0.6) is 0 Å². The van der Waals surface area contributed by atoms with Crippen molar-refractivity contribution in [3.8, 4) is 10.6 Å². The van der Waals surface area contributed by atoms with Gasteiger partial charge in [0, 0.05) is 51.1 Å². The standard InChI is InChI=1S/C20H31N5OS.C2HF3O2/c1-26-16-6-4-2-3-5-11-24-12-14-25(15-13-24)18-9-7-17(8-10-18)19-22-23-20(21)27-19;3-2(4,5)1(6)7/h7-10H,2-6,11-16H2,1H3,(H2,21,23);(H,6,7). The van der Waals surface area contributed by atoms with Crippen molar-refractivity contribution in [2.45, 2.75) is 38.3 Å². The molecule has 0 radical (unpaired) electrons. The van der Waals surface area contributed by atoms with Crippen LogP contribution in [0, 0.1) is 0 Å². The molecule has 1 aromatic heterocycles. The van der Waals surface area contributed by atoms with Crippen LogP contribution in [0.3, 0.4) is 0 Å². The van der Waals surface area contributed by atoms with Gasteiger partial charge in [-0.15, -0.1) is 10.2 Å². The van der Waals surface area contributed by atoms with E-state index in [-0.39, 0.29) is 0 Å². The minimum atomic E-state index is -5.08. The lowest BCUT2D eigenvalue weighted by Crippen LogP contribution is -2.46. The van der Waals surface area contributed by atoms with Crippen molar-refractivity contribution in [1.82, 2.24) is 15.1 Å². The number of carboxylic acids is 1. The molecule has 3 N–H and O–H groups in total. The van der Waals surface area contributed by atoms with Crippen molar-refractivity contribution in [3.05, 3.63) is 24.3 Å². The number of piperazine rings is 1. The molecule has 8 nitrogen and oxygen atoms in total. The van der Waals surface area contributed by atoms with Crippen molar-refractivity contribution in [1.29, 1.82) is 0 Å². The second-order valence-corrected chi connectivity index (χ2v) is 8.89. The smallest absolute Gasteiger partial charge is 0.475 e. The number of aromatic nitrogens is 2. The number of nitrogens with zero attached hydrogens (tertiary/aromatic N) is 4. The van der Waals surface area contributed by atoms with Gasteiger partial charge in [-0.3, -0.25) is 4.90 Å². The molecule has 1 aliphatic rings. The number of hydrogen-bond donors (Lipinski definition) is 2. The van der Waals surface area contributed by atoms with Gasteiger partial charge in [0.15, 0.2) is 0 Å². The number of halogens is 3. The van der Waals surface area contributed by atoms with E-state index in [4.69, 9.17) is 20.4 Å². The Bertz CT molecular complexity index is 856. The molecule has 2 aromatic rings. The average Bonchev–Trinajstić information content (AvgIpc) is 3.25. The van der Waals surface area contributed by atoms with Gasteiger partial charge in [0.2, 0.25) is 5.13 Å². The summed E-state index contributed by atoms with van der Waals surface area (Å²) in [6, 6.07) is 8.60. The van der Waals surface area contributed by atoms with Gasteiger partial charge in [-0.2, -0.15) is 13.2 Å². The van der Waals surface area contributed by atoms with E-state index in [1.54, 1.807) is 7.11 Å². The molecule has 0 amide bonds. The number of nitrogens with two attached hydrogens (primary N) is 1. The topological polar surface area (TPSA) is 105 Å². The third-order valence-electron chi connectivity index (χ3n) is 5.36. The molecular formula is C22H32F3N5O3S. The third-order valence-corrected chi connectivity index (χ3v) is 6.16. The summed E-state index contributed by atoms with van der Waals surface area (Å²) in [5, 5.41) is 16.5. The minimum absolute atomic E-state index is 0.514. The van der Waals surface area contributed by atoms with Crippen LogP contribution < -0.4 is 10.6 Å². The first-order valence-electron chi connectivity index (χ1n) is 11.2. The second-order valence-electron chi connectivity index (χ2n) is 7.88. The molecule has 0 saturated carbocycles. The van der Waals surface area contributed by atoms with Gasteiger partial charge < -0.3 is 20.5 Å². The van der Waals surface area contributed by atoms with E-state index in [2.05, 4.69) is 44.3 Å². The van der Waals surface area contributed by atoms with Gasteiger partial charge in [0.1, 0.15) is 5.01 Å². The van der Waals surface area contributed by atoms with Crippen molar-refractivity contribution in [2.75, 3.05) is 57.1 Å². The molecule has 0 unspecified atom stereocenters. The van der Waals surface area contributed by atoms with Gasteiger partial charge >= 0.3 is 12.1 Å². The Morgan fingerprint density at radius 3 is 2.18 bits per heavy atom. The predicted molar refractivity (Wildman–Crippen MR) is 127 cm³/mol. The second kappa shape index (κ2) is 14.1. The maximum atomic E-state index is 10.6. The van der Waals surface area contributed by atoms with E-state index in [0.29, 0.717) is 5.13 Å². The highest BCUT2D eigenvalue weighted by atomic mass is 32.1. The lowest BCUT2D eigenvalue weighted by Gasteiger charge is -2.36. The fourth-order valence-electron chi connectivity index (χ4n) is 3.51. The molecule has 1 fully saturated rings. The first-order chi connectivity index (χ1) is 16.2. The number of carboxylic acid groups (broad SMARTS) is 1. The fraction of sp³-hybridized carbons (Fsp3) is 0.591. The number of methoxy groups -OCH3 is 1. The highest BCUT2D eigenvalue weighted by Gasteiger charge is 2.38. The van der Waals surface area contributed by atoms with Gasteiger partial charge in [-0.25, -0.2) is 4.79 Å². The Morgan fingerprint density at radius 2 is 1.65 bits per heavy atom. The molecule has 1 aliphatic heterocycles. The highest BCUT2D eigenvalue weighted by molar-refractivity contribution is 7.18. The molecule has 2 heterocycles. The maximum absolute atomic E-state index is 10.6. The maximum Gasteiger partial charge on any atom is 0.490 e. The Kier molecular flexibility index (Phi) is 11.5. The van der Waals surface area contributed by atoms with Gasteiger partial charge in [0.25, 0.3) is 0 Å². The fourth-order valence-corrected chi connectivity index (χ4v) is 4.12. The van der Waals surface area contributed by atoms with E-state index in [1.807, 2.05) is 0 Å². The van der Waals surface area contributed by atoms with Crippen LogP contribution in [0.4, 0.5) is 24.0 Å². The zero-order valence-electron chi connectivity index (χ0n) is 19.3. The number of alkyl halides is 3. The summed E-state index contributed by atoms with van der Waals surface area (Å²) in [6.07, 6.45) is 1.38. The van der Waals surface area contributed by atoms with Crippen molar-refractivity contribution in [3.63, 3.8) is 0 Å². The summed E-state index contributed by atoms with van der Waals surface area (Å²) in [5.74, 6) is -2.76. The van der Waals surface area contributed by atoms with Crippen LogP contribution in [-0.2, 0) is 9.53 Å². The van der Waals surface area contributed by atoms with Gasteiger partial charge in [-0.05, 0) is 43.7 Å². The Morgan fingerprint density at radius 1 is 1.06 bits per heavy atom. The molecule has 3 rings (SSSR count). The molecule has 1 aromatic carbocycles. The lowest BCUT2D eigenvalue weighted by atomic mass is 10.1. The Hall–Kier alpha value is -2.44. The van der Waals surface area contributed by atoms with Crippen molar-refractivity contribution < 1.29 is 27.8 Å². The molecule has 0 aliphatic carbocycles. The van der Waals surface area contributed by atoms with Crippen LogP contribution >= 0.6 is 11.3 Å². The molecule has 1 saturated heterocycles. The Balaban J connectivity index is 0.000000509. The molecule has 190 valence electrons. The van der Waals surface area contributed by atoms with Crippen molar-refractivity contribution in [2.24, 2.45) is 0 Å². The summed E-state index contributed by atoms with van der Waals surface area (Å²) in [7, 11) is 1.78.